The van der Waals surface area contributed by atoms with Crippen molar-refractivity contribution in [2.45, 2.75) is 37.8 Å². The van der Waals surface area contributed by atoms with Crippen molar-refractivity contribution in [2.75, 3.05) is 18.1 Å². The summed E-state index contributed by atoms with van der Waals surface area (Å²) in [6, 6.07) is 7.68. The Morgan fingerprint density at radius 3 is 2.95 bits per heavy atom. The zero-order valence-electron chi connectivity index (χ0n) is 12.5. The Labute approximate surface area is 130 Å². The maximum Gasteiger partial charge on any atom is 0.227 e. The first-order valence-corrected chi connectivity index (χ1v) is 7.64. The molecule has 0 saturated carbocycles. The lowest BCUT2D eigenvalue weighted by molar-refractivity contribution is -0.118. The van der Waals surface area contributed by atoms with Gasteiger partial charge in [0.25, 0.3) is 0 Å². The quantitative estimate of drug-likeness (QED) is 0.784. The average Bonchev–Trinajstić information content (AvgIpc) is 3.34. The van der Waals surface area contributed by atoms with Gasteiger partial charge in [-0.1, -0.05) is 12.1 Å². The smallest absolute Gasteiger partial charge is 0.227 e. The lowest BCUT2D eigenvalue weighted by Crippen LogP contribution is -2.32. The monoisotopic (exact) mass is 297 g/mol. The minimum Gasteiger partial charge on any atom is -0.491 e. The van der Waals surface area contributed by atoms with Crippen LogP contribution in [0, 0.1) is 12.3 Å². The second-order valence-electron chi connectivity index (χ2n) is 5.60. The van der Waals surface area contributed by atoms with Crippen LogP contribution in [0.4, 0.5) is 5.69 Å². The Kier molecular flexibility index (Phi) is 4.10. The van der Waals surface area contributed by atoms with Crippen molar-refractivity contribution in [1.29, 1.82) is 0 Å². The highest BCUT2D eigenvalue weighted by Gasteiger charge is 2.39. The summed E-state index contributed by atoms with van der Waals surface area (Å²) in [5.74, 6) is 3.47. The number of carbonyl (C=O) groups is 1. The number of ether oxygens (including phenoxy) is 1. The summed E-state index contributed by atoms with van der Waals surface area (Å²) in [6.07, 6.45) is 8.54. The summed E-state index contributed by atoms with van der Waals surface area (Å²) < 4.78 is 5.69. The highest BCUT2D eigenvalue weighted by atomic mass is 16.5. The predicted octanol–water partition coefficient (Wildman–Crippen LogP) is 3.16. The van der Waals surface area contributed by atoms with Crippen LogP contribution in [0.5, 0.6) is 5.75 Å². The molecule has 2 aliphatic rings. The summed E-state index contributed by atoms with van der Waals surface area (Å²) in [7, 11) is 0. The molecule has 0 radical (unpaired) electrons. The van der Waals surface area contributed by atoms with E-state index in [9.17, 15) is 4.79 Å². The maximum absolute atomic E-state index is 12.6. The number of terminal acetylenes is 1. The average molecular weight is 297 g/mol. The van der Waals surface area contributed by atoms with Crippen molar-refractivity contribution in [3.8, 4) is 18.1 Å². The van der Waals surface area contributed by atoms with E-state index in [1.807, 2.05) is 29.2 Å². The fourth-order valence-electron chi connectivity index (χ4n) is 2.70. The number of benzene rings is 1. The van der Waals surface area contributed by atoms with Gasteiger partial charge in [0.15, 0.2) is 5.66 Å². The number of hydrogen-bond donors (Lipinski definition) is 0. The molecule has 1 aromatic carbocycles. The molecule has 0 saturated heterocycles. The zero-order valence-corrected chi connectivity index (χ0v) is 12.5. The highest BCUT2D eigenvalue weighted by Crippen LogP contribution is 2.38. The van der Waals surface area contributed by atoms with Gasteiger partial charge in [-0.05, 0) is 18.6 Å². The first-order valence-electron chi connectivity index (χ1n) is 7.64. The fraction of sp³-hybridized carbons (Fsp3) is 0.471. The van der Waals surface area contributed by atoms with Gasteiger partial charge in [-0.25, -0.2) is 0 Å². The van der Waals surface area contributed by atoms with E-state index < -0.39 is 5.66 Å². The molecule has 0 N–H and O–H groups in total. The molecule has 0 atom stereocenters. The second-order valence-corrected chi connectivity index (χ2v) is 5.60. The van der Waals surface area contributed by atoms with Gasteiger partial charge >= 0.3 is 0 Å². The van der Waals surface area contributed by atoms with E-state index in [1.165, 1.54) is 0 Å². The number of para-hydroxylation sites is 2. The molecule has 1 aromatic rings. The van der Waals surface area contributed by atoms with Gasteiger partial charge in [0.2, 0.25) is 5.91 Å². The Morgan fingerprint density at radius 1 is 1.36 bits per heavy atom. The SMILES string of the molecule is C#CCCC1(CCC(=O)N2CCCOc3ccccc32)N=N1. The molecule has 0 fully saturated rings. The van der Waals surface area contributed by atoms with Crippen LogP contribution in [0.2, 0.25) is 0 Å². The highest BCUT2D eigenvalue weighted by molar-refractivity contribution is 5.95. The van der Waals surface area contributed by atoms with Crippen LogP contribution >= 0.6 is 0 Å². The van der Waals surface area contributed by atoms with E-state index in [-0.39, 0.29) is 5.91 Å². The largest absolute Gasteiger partial charge is 0.491 e. The molecular weight excluding hydrogens is 278 g/mol. The number of amides is 1. The number of rotatable bonds is 5. The van der Waals surface area contributed by atoms with Crippen molar-refractivity contribution >= 4 is 11.6 Å². The summed E-state index contributed by atoms with van der Waals surface area (Å²) in [6.45, 7) is 1.32. The molecule has 5 heteroatoms. The van der Waals surface area contributed by atoms with Crippen LogP contribution < -0.4 is 9.64 Å². The Hall–Kier alpha value is -2.35. The number of anilines is 1. The standard InChI is InChI=1S/C17H19N3O2/c1-2-3-10-17(18-19-17)11-9-16(21)20-12-6-13-22-15-8-5-4-7-14(15)20/h1,4-5,7-8H,3,6,9-13H2. The third-order valence-electron chi connectivity index (χ3n) is 4.03. The summed E-state index contributed by atoms with van der Waals surface area (Å²) in [5.41, 5.74) is 0.455. The maximum atomic E-state index is 12.6. The number of fused-ring (bicyclic) bond motifs is 1. The van der Waals surface area contributed by atoms with E-state index >= 15 is 0 Å². The van der Waals surface area contributed by atoms with E-state index in [4.69, 9.17) is 11.2 Å². The lowest BCUT2D eigenvalue weighted by atomic mass is 10.0. The van der Waals surface area contributed by atoms with Crippen LogP contribution in [0.3, 0.4) is 0 Å². The molecule has 0 aliphatic carbocycles. The molecule has 2 aliphatic heterocycles. The molecular formula is C17H19N3O2. The van der Waals surface area contributed by atoms with Gasteiger partial charge in [0, 0.05) is 32.2 Å². The van der Waals surface area contributed by atoms with Crippen LogP contribution in [-0.4, -0.2) is 24.7 Å². The van der Waals surface area contributed by atoms with Crippen LogP contribution in [0.25, 0.3) is 0 Å². The molecule has 0 unspecified atom stereocenters. The van der Waals surface area contributed by atoms with Gasteiger partial charge in [-0.15, -0.1) is 12.3 Å². The van der Waals surface area contributed by atoms with E-state index in [0.717, 1.165) is 24.3 Å². The fourth-order valence-corrected chi connectivity index (χ4v) is 2.70. The van der Waals surface area contributed by atoms with Crippen LogP contribution in [0.15, 0.2) is 34.5 Å². The molecule has 114 valence electrons. The Morgan fingerprint density at radius 2 is 2.18 bits per heavy atom. The zero-order chi connectivity index (χ0) is 15.4. The Bertz CT molecular complexity index is 627. The minimum atomic E-state index is -0.399. The molecule has 0 bridgehead atoms. The van der Waals surface area contributed by atoms with Gasteiger partial charge in [0.1, 0.15) is 5.75 Å². The second kappa shape index (κ2) is 6.18. The van der Waals surface area contributed by atoms with Crippen LogP contribution in [0.1, 0.15) is 32.1 Å². The van der Waals surface area contributed by atoms with Gasteiger partial charge in [-0.3, -0.25) is 4.79 Å². The minimum absolute atomic E-state index is 0.0929. The van der Waals surface area contributed by atoms with Gasteiger partial charge < -0.3 is 9.64 Å². The van der Waals surface area contributed by atoms with E-state index in [0.29, 0.717) is 32.4 Å². The number of carbonyl (C=O) groups excluding carboxylic acids is 1. The summed E-state index contributed by atoms with van der Waals surface area (Å²) in [5, 5.41) is 8.17. The van der Waals surface area contributed by atoms with Crippen LogP contribution in [-0.2, 0) is 4.79 Å². The topological polar surface area (TPSA) is 54.3 Å². The van der Waals surface area contributed by atoms with Crippen molar-refractivity contribution in [1.82, 2.24) is 0 Å². The molecule has 5 nitrogen and oxygen atoms in total. The molecule has 0 spiro atoms. The first kappa shape index (κ1) is 14.6. The molecule has 0 aromatic heterocycles. The van der Waals surface area contributed by atoms with Gasteiger partial charge in [0.05, 0.1) is 12.3 Å². The summed E-state index contributed by atoms with van der Waals surface area (Å²) in [4.78, 5) is 14.4. The summed E-state index contributed by atoms with van der Waals surface area (Å²) >= 11 is 0. The molecule has 3 rings (SSSR count). The van der Waals surface area contributed by atoms with Gasteiger partial charge in [-0.2, -0.15) is 10.2 Å². The molecule has 22 heavy (non-hydrogen) atoms. The first-order chi connectivity index (χ1) is 10.7. The number of hydrogen-bond acceptors (Lipinski definition) is 4. The lowest BCUT2D eigenvalue weighted by Gasteiger charge is -2.22. The number of nitrogens with zero attached hydrogens (tertiary/aromatic N) is 3. The third-order valence-corrected chi connectivity index (χ3v) is 4.03. The van der Waals surface area contributed by atoms with Crippen molar-refractivity contribution in [2.24, 2.45) is 10.2 Å². The predicted molar refractivity (Wildman–Crippen MR) is 83.8 cm³/mol. The Balaban J connectivity index is 1.64. The van der Waals surface area contributed by atoms with Crippen molar-refractivity contribution in [3.05, 3.63) is 24.3 Å². The van der Waals surface area contributed by atoms with E-state index in [1.54, 1.807) is 0 Å². The van der Waals surface area contributed by atoms with E-state index in [2.05, 4.69) is 16.1 Å². The normalized spacial score (nSPS) is 17.9. The molecule has 2 heterocycles. The van der Waals surface area contributed by atoms with Crippen molar-refractivity contribution in [3.63, 3.8) is 0 Å². The van der Waals surface area contributed by atoms with Crippen molar-refractivity contribution < 1.29 is 9.53 Å². The third kappa shape index (κ3) is 3.11. The molecule has 1 amide bonds.